The second-order valence-corrected chi connectivity index (χ2v) is 0.824. The van der Waals surface area contributed by atoms with E-state index in [2.05, 4.69) is 0 Å². The van der Waals surface area contributed by atoms with Crippen LogP contribution in [-0.4, -0.2) is 4.73 Å². The molecule has 2 heteroatoms. The first-order valence-electron chi connectivity index (χ1n) is 2.96. The van der Waals surface area contributed by atoms with Gasteiger partial charge >= 0.3 is 0 Å². The second kappa shape index (κ2) is 1.05. The first-order chi connectivity index (χ1) is 4.13. The molecule has 0 unspecified atom stereocenters. The molecule has 0 aliphatic carbocycles. The predicted molar refractivity (Wildman–Crippen MR) is 20.5 cm³/mol. The minimum Gasteiger partial charge on any atom is -0.167 e. The Hall–Kier alpha value is -0.920. The lowest BCUT2D eigenvalue weighted by Crippen LogP contribution is -1.74. The molecule has 2 nitrogen and oxygen atoms in total. The normalized spacial score (nSPS) is 15.7. The summed E-state index contributed by atoms with van der Waals surface area (Å²) < 4.78 is 20.6. The third kappa shape index (κ3) is 0.360. The minimum atomic E-state index is -0.458. The van der Waals surface area contributed by atoms with E-state index in [1.165, 1.54) is 0 Å². The maximum absolute atomic E-state index is 10.4. The fourth-order valence-corrected chi connectivity index (χ4v) is 0.214. The highest BCUT2D eigenvalue weighted by atomic mass is 16.5. The Kier molecular flexibility index (Phi) is 0.226. The van der Waals surface area contributed by atoms with E-state index >= 15 is 0 Å². The van der Waals surface area contributed by atoms with Crippen LogP contribution in [0.5, 0.6) is 0 Å². The van der Waals surface area contributed by atoms with Crippen molar-refractivity contribution in [2.24, 2.45) is 0 Å². The molecule has 0 fully saturated rings. The second-order valence-electron chi connectivity index (χ2n) is 0.824. The van der Waals surface area contributed by atoms with Gasteiger partial charge in [-0.2, -0.15) is 5.21 Å². The highest BCUT2D eigenvalue weighted by Gasteiger charge is 1.73. The van der Waals surface area contributed by atoms with Gasteiger partial charge in [0.05, 0.1) is 4.11 Å². The Morgan fingerprint density at radius 3 is 2.67 bits per heavy atom. The van der Waals surface area contributed by atoms with E-state index in [9.17, 15) is 5.21 Å². The lowest BCUT2D eigenvalue weighted by atomic mass is 10.7. The van der Waals surface area contributed by atoms with Crippen LogP contribution in [0.15, 0.2) is 24.5 Å². The van der Waals surface area contributed by atoms with Crippen molar-refractivity contribution in [3.05, 3.63) is 24.5 Å². The van der Waals surface area contributed by atoms with E-state index in [-0.39, 0.29) is 16.9 Å². The Balaban J connectivity index is 3.29. The van der Waals surface area contributed by atoms with Crippen molar-refractivity contribution >= 4 is 0 Å². The van der Waals surface area contributed by atoms with E-state index in [0.29, 0.717) is 0 Å². The number of rotatable bonds is 0. The molecule has 0 spiro atoms. The third-order valence-corrected chi connectivity index (χ3v) is 0.420. The molecule has 0 bridgehead atoms. The third-order valence-electron chi connectivity index (χ3n) is 0.420. The Morgan fingerprint density at radius 2 is 2.50 bits per heavy atom. The summed E-state index contributed by atoms with van der Waals surface area (Å²) in [6.45, 7) is 0. The maximum Gasteiger partial charge on any atom is 0.0857 e. The molecule has 0 aliphatic rings. The van der Waals surface area contributed by atoms with Gasteiger partial charge < -0.3 is 0 Å². The predicted octanol–water partition coefficient (Wildman–Crippen LogP) is 0.682. The SMILES string of the molecule is [2H]c1cc([2H])n([O])c1[2H]. The van der Waals surface area contributed by atoms with Crippen LogP contribution in [0.3, 0.4) is 0 Å². The van der Waals surface area contributed by atoms with Crippen molar-refractivity contribution in [1.29, 1.82) is 0 Å². The fraction of sp³-hybridized carbons (Fsp3) is 0. The van der Waals surface area contributed by atoms with Gasteiger partial charge in [0.2, 0.25) is 0 Å². The quantitative estimate of drug-likeness (QED) is 0.442. The molecule has 0 saturated carbocycles. The van der Waals surface area contributed by atoms with Gasteiger partial charge in [-0.3, -0.25) is 0 Å². The van der Waals surface area contributed by atoms with Gasteiger partial charge in [-0.15, -0.1) is 4.73 Å². The zero-order chi connectivity index (χ0) is 7.02. The zero-order valence-corrected chi connectivity index (χ0v) is 2.93. The van der Waals surface area contributed by atoms with Crippen molar-refractivity contribution in [2.45, 2.75) is 0 Å². The summed E-state index contributed by atoms with van der Waals surface area (Å²) in [6.07, 6.45) is -0.801. The van der Waals surface area contributed by atoms with Crippen LogP contribution in [0, 0.1) is 0 Å². The standard InChI is InChI=1S/C4H4NO/c6-5-3-1-2-4-5/h1-4H/i1D,3D,4D. The summed E-state index contributed by atoms with van der Waals surface area (Å²) in [4.78, 5) is 0. The summed E-state index contributed by atoms with van der Waals surface area (Å²) in [5, 5.41) is 10.4. The molecule has 0 N–H and O–H groups in total. The summed E-state index contributed by atoms with van der Waals surface area (Å²) in [6, 6.07) is 0.838. The molecule has 1 radical (unpaired) electrons. The molecule has 0 aromatic carbocycles. The maximum atomic E-state index is 10.4. The Bertz CT molecular complexity index is 209. The smallest absolute Gasteiger partial charge is 0.0857 e. The Labute approximate surface area is 39.8 Å². The van der Waals surface area contributed by atoms with E-state index in [1.54, 1.807) is 0 Å². The number of nitrogens with zero attached hydrogens (tertiary/aromatic N) is 1. The van der Waals surface area contributed by atoms with Gasteiger partial charge in [0.1, 0.15) is 0 Å². The van der Waals surface area contributed by atoms with Crippen LogP contribution in [-0.2, 0) is 5.21 Å². The topological polar surface area (TPSA) is 24.8 Å². The van der Waals surface area contributed by atoms with Gasteiger partial charge in [-0.05, 0) is 12.1 Å². The van der Waals surface area contributed by atoms with Crippen LogP contribution >= 0.6 is 0 Å². The van der Waals surface area contributed by atoms with E-state index in [0.717, 1.165) is 6.07 Å². The molecule has 1 rings (SSSR count). The van der Waals surface area contributed by atoms with Gasteiger partial charge in [0, 0.05) is 12.3 Å². The molecule has 0 aliphatic heterocycles. The van der Waals surface area contributed by atoms with Crippen LogP contribution < -0.4 is 0 Å². The van der Waals surface area contributed by atoms with Crippen molar-refractivity contribution in [3.63, 3.8) is 0 Å². The van der Waals surface area contributed by atoms with Gasteiger partial charge in [0.15, 0.2) is 0 Å². The molecule has 0 saturated heterocycles. The summed E-state index contributed by atoms with van der Waals surface area (Å²) >= 11 is 0. The van der Waals surface area contributed by atoms with E-state index in [1.807, 2.05) is 0 Å². The molecule has 31 valence electrons. The zero-order valence-electron chi connectivity index (χ0n) is 5.93. The lowest BCUT2D eigenvalue weighted by Gasteiger charge is -1.70. The minimum absolute atomic E-state index is 0.0995. The molecule has 1 aromatic rings. The average Bonchev–Trinajstić information content (AvgIpc) is 1.98. The average molecular weight is 85.1 g/mol. The lowest BCUT2D eigenvalue weighted by molar-refractivity contribution is 0.0917. The fourth-order valence-electron chi connectivity index (χ4n) is 0.214. The van der Waals surface area contributed by atoms with Crippen LogP contribution in [0.2, 0.25) is 0 Å². The van der Waals surface area contributed by atoms with Crippen LogP contribution in [0.1, 0.15) is 4.11 Å². The van der Waals surface area contributed by atoms with Crippen molar-refractivity contribution < 1.29 is 9.32 Å². The van der Waals surface area contributed by atoms with Crippen LogP contribution in [0.25, 0.3) is 0 Å². The highest BCUT2D eigenvalue weighted by Crippen LogP contribution is 1.80. The number of aromatic nitrogens is 1. The van der Waals surface area contributed by atoms with Crippen molar-refractivity contribution in [2.75, 3.05) is 0 Å². The Morgan fingerprint density at radius 1 is 1.67 bits per heavy atom. The summed E-state index contributed by atoms with van der Waals surface area (Å²) in [5.41, 5.74) is 0. The molecule has 1 heterocycles. The largest absolute Gasteiger partial charge is 0.167 e. The molecular weight excluding hydrogens is 78.0 g/mol. The van der Waals surface area contributed by atoms with Crippen molar-refractivity contribution in [1.82, 2.24) is 4.73 Å². The molecule has 0 atom stereocenters. The first kappa shape index (κ1) is 1.30. The van der Waals surface area contributed by atoms with Crippen LogP contribution in [0.4, 0.5) is 0 Å². The van der Waals surface area contributed by atoms with E-state index in [4.69, 9.17) is 4.11 Å². The van der Waals surface area contributed by atoms with E-state index < -0.39 is 6.17 Å². The number of hydrogen-bond acceptors (Lipinski definition) is 0. The monoisotopic (exact) mass is 85.0 g/mol. The number of hydrogen-bond donors (Lipinski definition) is 0. The van der Waals surface area contributed by atoms with Gasteiger partial charge in [0.25, 0.3) is 0 Å². The van der Waals surface area contributed by atoms with Gasteiger partial charge in [-0.25, -0.2) is 0 Å². The molecule has 1 aromatic heterocycles. The van der Waals surface area contributed by atoms with Crippen molar-refractivity contribution in [3.8, 4) is 0 Å². The molecule has 0 amide bonds. The molecular formula is C4H4NO. The summed E-state index contributed by atoms with van der Waals surface area (Å²) in [7, 11) is 0. The highest BCUT2D eigenvalue weighted by molar-refractivity contribution is 4.86. The first-order valence-corrected chi connectivity index (χ1v) is 1.46. The van der Waals surface area contributed by atoms with Gasteiger partial charge in [-0.1, -0.05) is 0 Å². The summed E-state index contributed by atoms with van der Waals surface area (Å²) in [5.74, 6) is 0. The molecule has 6 heavy (non-hydrogen) atoms.